The van der Waals surface area contributed by atoms with E-state index >= 15 is 0 Å². The molecule has 0 fully saturated rings. The monoisotopic (exact) mass is 479 g/mol. The van der Waals surface area contributed by atoms with Crippen LogP contribution in [0.5, 0.6) is 0 Å². The highest BCUT2D eigenvalue weighted by Gasteiger charge is 2.24. The molecule has 162 valence electrons. The average molecular weight is 480 g/mol. The van der Waals surface area contributed by atoms with E-state index in [1.807, 2.05) is 13.8 Å². The molecule has 0 radical (unpaired) electrons. The summed E-state index contributed by atoms with van der Waals surface area (Å²) in [6.07, 6.45) is 3.07. The number of halogens is 2. The maximum atomic E-state index is 12.7. The Kier molecular flexibility index (Phi) is 7.83. The minimum atomic E-state index is -0.437. The number of rotatable bonds is 8. The van der Waals surface area contributed by atoms with Gasteiger partial charge in [-0.05, 0) is 30.2 Å². The zero-order chi connectivity index (χ0) is 22.4. The molecule has 3 N–H and O–H groups in total. The highest BCUT2D eigenvalue weighted by molar-refractivity contribution is 7.99. The van der Waals surface area contributed by atoms with Gasteiger partial charge in [0.25, 0.3) is 5.91 Å². The van der Waals surface area contributed by atoms with Crippen molar-refractivity contribution in [3.63, 3.8) is 0 Å². The number of aromatic amines is 1. The fourth-order valence-corrected chi connectivity index (χ4v) is 3.66. The van der Waals surface area contributed by atoms with E-state index in [2.05, 4.69) is 35.8 Å². The first-order valence-corrected chi connectivity index (χ1v) is 11.0. The van der Waals surface area contributed by atoms with Gasteiger partial charge in [0.2, 0.25) is 17.0 Å². The van der Waals surface area contributed by atoms with Crippen LogP contribution >= 0.6 is 35.0 Å². The SMILES string of the molecule is CC(C)[C@@H](NC(=O)c1ccc(Cl)cc1Cl)c1nc(SCC(=O)Nc2ncccn2)n[nH]1. The first kappa shape index (κ1) is 23.0. The normalized spacial score (nSPS) is 11.9. The van der Waals surface area contributed by atoms with Crippen molar-refractivity contribution in [1.82, 2.24) is 30.5 Å². The van der Waals surface area contributed by atoms with Crippen LogP contribution in [0.1, 0.15) is 36.1 Å². The molecule has 9 nitrogen and oxygen atoms in total. The lowest BCUT2D eigenvalue weighted by molar-refractivity contribution is -0.113. The van der Waals surface area contributed by atoms with E-state index in [1.54, 1.807) is 18.2 Å². The third-order valence-electron chi connectivity index (χ3n) is 4.06. The highest BCUT2D eigenvalue weighted by Crippen LogP contribution is 2.25. The van der Waals surface area contributed by atoms with E-state index in [4.69, 9.17) is 23.2 Å². The van der Waals surface area contributed by atoms with E-state index in [0.29, 0.717) is 21.6 Å². The Labute approximate surface area is 192 Å². The number of anilines is 1. The van der Waals surface area contributed by atoms with Crippen LogP contribution in [0.4, 0.5) is 5.95 Å². The molecular formula is C19H19Cl2N7O2S. The molecule has 0 aliphatic heterocycles. The number of carbonyl (C=O) groups excluding carboxylic acids is 2. The Balaban J connectivity index is 1.62. The second kappa shape index (κ2) is 10.6. The number of carbonyl (C=O) groups is 2. The third kappa shape index (κ3) is 6.39. The number of benzene rings is 1. The molecule has 0 bridgehead atoms. The molecule has 2 amide bonds. The molecule has 2 heterocycles. The first-order valence-electron chi connectivity index (χ1n) is 9.21. The second-order valence-electron chi connectivity index (χ2n) is 6.73. The first-order chi connectivity index (χ1) is 14.8. The predicted molar refractivity (Wildman–Crippen MR) is 119 cm³/mol. The molecule has 1 atom stereocenters. The van der Waals surface area contributed by atoms with Crippen LogP contribution < -0.4 is 10.6 Å². The van der Waals surface area contributed by atoms with Gasteiger partial charge in [-0.2, -0.15) is 0 Å². The van der Waals surface area contributed by atoms with Crippen LogP contribution in [0, 0.1) is 5.92 Å². The minimum Gasteiger partial charge on any atom is -0.342 e. The van der Waals surface area contributed by atoms with Crippen molar-refractivity contribution in [2.24, 2.45) is 5.92 Å². The topological polar surface area (TPSA) is 126 Å². The maximum Gasteiger partial charge on any atom is 0.253 e. The Morgan fingerprint density at radius 3 is 2.61 bits per heavy atom. The molecule has 3 aromatic rings. The van der Waals surface area contributed by atoms with Crippen LogP contribution in [0.3, 0.4) is 0 Å². The lowest BCUT2D eigenvalue weighted by Gasteiger charge is -2.20. The summed E-state index contributed by atoms with van der Waals surface area (Å²) in [6.45, 7) is 3.88. The van der Waals surface area contributed by atoms with E-state index in [0.717, 1.165) is 11.8 Å². The Morgan fingerprint density at radius 1 is 1.19 bits per heavy atom. The molecule has 2 aromatic heterocycles. The van der Waals surface area contributed by atoms with E-state index in [9.17, 15) is 9.59 Å². The number of amides is 2. The number of hydrogen-bond donors (Lipinski definition) is 3. The minimum absolute atomic E-state index is 0.0133. The van der Waals surface area contributed by atoms with Crippen molar-refractivity contribution in [2.45, 2.75) is 25.0 Å². The van der Waals surface area contributed by atoms with Crippen molar-refractivity contribution in [3.05, 3.63) is 58.1 Å². The van der Waals surface area contributed by atoms with Gasteiger partial charge in [0.05, 0.1) is 22.4 Å². The fourth-order valence-electron chi connectivity index (χ4n) is 2.56. The van der Waals surface area contributed by atoms with Crippen molar-refractivity contribution in [1.29, 1.82) is 0 Å². The lowest BCUT2D eigenvalue weighted by atomic mass is 10.0. The fraction of sp³-hybridized carbons (Fsp3) is 0.263. The second-order valence-corrected chi connectivity index (χ2v) is 8.52. The Morgan fingerprint density at radius 2 is 1.94 bits per heavy atom. The van der Waals surface area contributed by atoms with Gasteiger partial charge in [0.15, 0.2) is 0 Å². The van der Waals surface area contributed by atoms with Crippen LogP contribution in [0.15, 0.2) is 41.8 Å². The number of aromatic nitrogens is 5. The van der Waals surface area contributed by atoms with Gasteiger partial charge in [0, 0.05) is 17.4 Å². The van der Waals surface area contributed by atoms with Gasteiger partial charge in [-0.3, -0.25) is 20.0 Å². The number of H-pyrrole nitrogens is 1. The Hall–Kier alpha value is -2.69. The predicted octanol–water partition coefficient (Wildman–Crippen LogP) is 3.76. The van der Waals surface area contributed by atoms with E-state index < -0.39 is 6.04 Å². The third-order valence-corrected chi connectivity index (χ3v) is 5.45. The lowest BCUT2D eigenvalue weighted by Crippen LogP contribution is -2.32. The molecule has 0 saturated heterocycles. The standard InChI is InChI=1S/C19H19Cl2N7O2S/c1-10(2)15(25-17(30)12-5-4-11(20)8-13(12)21)16-26-19(28-27-16)31-9-14(29)24-18-22-6-3-7-23-18/h3-8,10,15H,9H2,1-2H3,(H,25,30)(H,26,27,28)(H,22,23,24,29)/t15-/m1/s1. The van der Waals surface area contributed by atoms with Gasteiger partial charge >= 0.3 is 0 Å². The zero-order valence-electron chi connectivity index (χ0n) is 16.6. The van der Waals surface area contributed by atoms with Crippen LogP contribution in [-0.2, 0) is 4.79 Å². The number of hydrogen-bond acceptors (Lipinski definition) is 7. The van der Waals surface area contributed by atoms with Gasteiger partial charge in [-0.1, -0.05) is 48.8 Å². The molecule has 12 heteroatoms. The van der Waals surface area contributed by atoms with Gasteiger partial charge in [-0.25, -0.2) is 15.0 Å². The summed E-state index contributed by atoms with van der Waals surface area (Å²) in [5.74, 6) is 0.158. The van der Waals surface area contributed by atoms with Crippen LogP contribution in [-0.4, -0.2) is 42.7 Å². The van der Waals surface area contributed by atoms with Gasteiger partial charge < -0.3 is 5.32 Å². The molecule has 31 heavy (non-hydrogen) atoms. The molecule has 3 rings (SSSR count). The van der Waals surface area contributed by atoms with E-state index in [-0.39, 0.29) is 34.5 Å². The van der Waals surface area contributed by atoms with Crippen molar-refractivity contribution < 1.29 is 9.59 Å². The zero-order valence-corrected chi connectivity index (χ0v) is 18.9. The summed E-state index contributed by atoms with van der Waals surface area (Å²) < 4.78 is 0. The number of nitrogens with zero attached hydrogens (tertiary/aromatic N) is 4. The van der Waals surface area contributed by atoms with Crippen molar-refractivity contribution in [3.8, 4) is 0 Å². The number of thioether (sulfide) groups is 1. The summed E-state index contributed by atoms with van der Waals surface area (Å²) in [7, 11) is 0. The number of nitrogens with one attached hydrogen (secondary N) is 3. The van der Waals surface area contributed by atoms with Crippen LogP contribution in [0.25, 0.3) is 0 Å². The van der Waals surface area contributed by atoms with Crippen molar-refractivity contribution >= 4 is 52.7 Å². The molecule has 0 spiro atoms. The molecule has 0 saturated carbocycles. The summed E-state index contributed by atoms with van der Waals surface area (Å²) in [5, 5.41) is 13.5. The molecule has 0 aliphatic carbocycles. The quantitative estimate of drug-likeness (QED) is 0.419. The molecular weight excluding hydrogens is 461 g/mol. The summed E-state index contributed by atoms with van der Waals surface area (Å²) in [4.78, 5) is 37.0. The molecule has 1 aromatic carbocycles. The van der Waals surface area contributed by atoms with Gasteiger partial charge in [-0.15, -0.1) is 5.10 Å². The molecule has 0 unspecified atom stereocenters. The Bertz CT molecular complexity index is 1060. The highest BCUT2D eigenvalue weighted by atomic mass is 35.5. The van der Waals surface area contributed by atoms with Crippen molar-refractivity contribution in [2.75, 3.05) is 11.1 Å². The summed E-state index contributed by atoms with van der Waals surface area (Å²) in [5.41, 5.74) is 0.311. The molecule has 0 aliphatic rings. The van der Waals surface area contributed by atoms with Crippen LogP contribution in [0.2, 0.25) is 10.0 Å². The smallest absolute Gasteiger partial charge is 0.253 e. The summed E-state index contributed by atoms with van der Waals surface area (Å²) >= 11 is 13.2. The van der Waals surface area contributed by atoms with Gasteiger partial charge in [0.1, 0.15) is 5.82 Å². The van der Waals surface area contributed by atoms with E-state index in [1.165, 1.54) is 18.5 Å². The summed E-state index contributed by atoms with van der Waals surface area (Å²) in [6, 6.07) is 5.89. The average Bonchev–Trinajstić information content (AvgIpc) is 3.19. The maximum absolute atomic E-state index is 12.7. The largest absolute Gasteiger partial charge is 0.342 e.